The first-order chi connectivity index (χ1) is 13.7. The molecule has 0 radical (unpaired) electrons. The van der Waals surface area contributed by atoms with Crippen molar-refractivity contribution in [1.82, 2.24) is 19.8 Å². The smallest absolute Gasteiger partial charge is 0.276 e. The summed E-state index contributed by atoms with van der Waals surface area (Å²) in [6.07, 6.45) is 7.07. The van der Waals surface area contributed by atoms with Crippen LogP contribution in [0.3, 0.4) is 0 Å². The van der Waals surface area contributed by atoms with E-state index in [0.717, 1.165) is 44.6 Å². The van der Waals surface area contributed by atoms with E-state index in [1.54, 1.807) is 30.5 Å². The van der Waals surface area contributed by atoms with E-state index in [9.17, 15) is 9.90 Å². The number of piperidine rings is 1. The van der Waals surface area contributed by atoms with E-state index >= 15 is 0 Å². The van der Waals surface area contributed by atoms with Gasteiger partial charge in [-0.15, -0.1) is 0 Å². The standard InChI is InChI=1S/C21H28N4O3/c1-28-14-13-24-11-6-18(7-12-24)16-25(15-17-4-9-22-10-5-17)21(27)20-19(26)3-2-8-23-20/h2-5,8-10,18,26H,6-7,11-16H2,1H3. The van der Waals surface area contributed by atoms with Crippen molar-refractivity contribution in [3.63, 3.8) is 0 Å². The molecule has 150 valence electrons. The highest BCUT2D eigenvalue weighted by atomic mass is 16.5. The molecule has 0 aromatic carbocycles. The maximum Gasteiger partial charge on any atom is 0.276 e. The van der Waals surface area contributed by atoms with Crippen molar-refractivity contribution in [2.45, 2.75) is 19.4 Å². The Morgan fingerprint density at radius 3 is 2.68 bits per heavy atom. The minimum absolute atomic E-state index is 0.0818. The first-order valence-electron chi connectivity index (χ1n) is 9.71. The lowest BCUT2D eigenvalue weighted by molar-refractivity contribution is 0.0649. The molecule has 1 fully saturated rings. The number of nitrogens with zero attached hydrogens (tertiary/aromatic N) is 4. The average Bonchev–Trinajstić information content (AvgIpc) is 2.73. The molecule has 1 saturated heterocycles. The van der Waals surface area contributed by atoms with Crippen molar-refractivity contribution in [3.05, 3.63) is 54.1 Å². The van der Waals surface area contributed by atoms with Gasteiger partial charge in [0.15, 0.2) is 5.69 Å². The van der Waals surface area contributed by atoms with Gasteiger partial charge in [0.2, 0.25) is 0 Å². The second-order valence-corrected chi connectivity index (χ2v) is 7.19. The quantitative estimate of drug-likeness (QED) is 0.752. The Morgan fingerprint density at radius 2 is 2.00 bits per heavy atom. The monoisotopic (exact) mass is 384 g/mol. The van der Waals surface area contributed by atoms with Gasteiger partial charge in [-0.05, 0) is 61.7 Å². The molecule has 7 nitrogen and oxygen atoms in total. The lowest BCUT2D eigenvalue weighted by Gasteiger charge is -2.34. The molecule has 1 aliphatic rings. The largest absolute Gasteiger partial charge is 0.505 e. The third-order valence-electron chi connectivity index (χ3n) is 5.20. The fourth-order valence-corrected chi connectivity index (χ4v) is 3.56. The van der Waals surface area contributed by atoms with Crippen molar-refractivity contribution in [2.24, 2.45) is 5.92 Å². The molecule has 0 aliphatic carbocycles. The van der Waals surface area contributed by atoms with Crippen molar-refractivity contribution in [2.75, 3.05) is 39.9 Å². The van der Waals surface area contributed by atoms with Crippen LogP contribution in [0.1, 0.15) is 28.9 Å². The van der Waals surface area contributed by atoms with Crippen LogP contribution in [0.4, 0.5) is 0 Å². The highest BCUT2D eigenvalue weighted by Gasteiger charge is 2.26. The van der Waals surface area contributed by atoms with E-state index in [2.05, 4.69) is 14.9 Å². The number of hydrogen-bond donors (Lipinski definition) is 1. The lowest BCUT2D eigenvalue weighted by Crippen LogP contribution is -2.41. The van der Waals surface area contributed by atoms with E-state index in [-0.39, 0.29) is 17.4 Å². The average molecular weight is 384 g/mol. The molecular weight excluding hydrogens is 356 g/mol. The van der Waals surface area contributed by atoms with E-state index in [4.69, 9.17) is 4.74 Å². The van der Waals surface area contributed by atoms with Crippen LogP contribution in [0.2, 0.25) is 0 Å². The van der Waals surface area contributed by atoms with Gasteiger partial charge in [-0.1, -0.05) is 0 Å². The second-order valence-electron chi connectivity index (χ2n) is 7.19. The molecule has 0 saturated carbocycles. The van der Waals surface area contributed by atoms with Gasteiger partial charge in [0, 0.05) is 45.3 Å². The number of pyridine rings is 2. The van der Waals surface area contributed by atoms with Crippen molar-refractivity contribution in [3.8, 4) is 5.75 Å². The summed E-state index contributed by atoms with van der Waals surface area (Å²) in [6, 6.07) is 6.94. The number of carbonyl (C=O) groups excluding carboxylic acids is 1. The van der Waals surface area contributed by atoms with Gasteiger partial charge < -0.3 is 19.6 Å². The molecule has 1 amide bonds. The summed E-state index contributed by atoms with van der Waals surface area (Å²) >= 11 is 0. The Bertz CT molecular complexity index is 748. The highest BCUT2D eigenvalue weighted by molar-refractivity contribution is 5.94. The number of aromatic nitrogens is 2. The number of carbonyl (C=O) groups is 1. The van der Waals surface area contributed by atoms with E-state index < -0.39 is 0 Å². The van der Waals surface area contributed by atoms with Gasteiger partial charge >= 0.3 is 0 Å². The summed E-state index contributed by atoms with van der Waals surface area (Å²) in [6.45, 7) is 4.85. The lowest BCUT2D eigenvalue weighted by atomic mass is 9.95. The topological polar surface area (TPSA) is 78.8 Å². The SMILES string of the molecule is COCCN1CCC(CN(Cc2ccncc2)C(=O)c2ncccc2O)CC1. The van der Waals surface area contributed by atoms with Crippen LogP contribution < -0.4 is 0 Å². The molecular formula is C21H28N4O3. The van der Waals surface area contributed by atoms with Gasteiger partial charge in [0.05, 0.1) is 6.61 Å². The van der Waals surface area contributed by atoms with Crippen LogP contribution in [0.5, 0.6) is 5.75 Å². The Morgan fingerprint density at radius 1 is 1.25 bits per heavy atom. The molecule has 3 rings (SSSR count). The first-order valence-corrected chi connectivity index (χ1v) is 9.71. The highest BCUT2D eigenvalue weighted by Crippen LogP contribution is 2.22. The van der Waals surface area contributed by atoms with Gasteiger partial charge in [0.25, 0.3) is 5.91 Å². The van der Waals surface area contributed by atoms with Gasteiger partial charge in [-0.3, -0.25) is 9.78 Å². The maximum absolute atomic E-state index is 13.1. The summed E-state index contributed by atoms with van der Waals surface area (Å²) in [7, 11) is 1.72. The number of methoxy groups -OCH3 is 1. The fraction of sp³-hybridized carbons (Fsp3) is 0.476. The molecule has 0 spiro atoms. The number of aromatic hydroxyl groups is 1. The molecule has 7 heteroatoms. The molecule has 0 unspecified atom stereocenters. The first kappa shape index (κ1) is 20.2. The second kappa shape index (κ2) is 10.1. The van der Waals surface area contributed by atoms with Crippen LogP contribution in [-0.2, 0) is 11.3 Å². The summed E-state index contributed by atoms with van der Waals surface area (Å²) in [5.74, 6) is 0.105. The maximum atomic E-state index is 13.1. The zero-order valence-corrected chi connectivity index (χ0v) is 16.3. The molecule has 1 N–H and O–H groups in total. The number of likely N-dealkylation sites (tertiary alicyclic amines) is 1. The van der Waals surface area contributed by atoms with E-state index in [1.165, 1.54) is 12.3 Å². The number of amides is 1. The predicted octanol–water partition coefficient (Wildman–Crippen LogP) is 2.18. The zero-order chi connectivity index (χ0) is 19.8. The molecule has 0 bridgehead atoms. The minimum atomic E-state index is -0.239. The molecule has 2 aromatic rings. The molecule has 28 heavy (non-hydrogen) atoms. The molecule has 1 aliphatic heterocycles. The van der Waals surface area contributed by atoms with Crippen LogP contribution in [0.15, 0.2) is 42.9 Å². The summed E-state index contributed by atoms with van der Waals surface area (Å²) in [5, 5.41) is 10.1. The van der Waals surface area contributed by atoms with Crippen LogP contribution in [0.25, 0.3) is 0 Å². The van der Waals surface area contributed by atoms with Crippen LogP contribution in [0, 0.1) is 5.92 Å². The Labute approximate surface area is 166 Å². The van der Waals surface area contributed by atoms with Gasteiger partial charge in [0.1, 0.15) is 5.75 Å². The number of rotatable bonds is 8. The van der Waals surface area contributed by atoms with E-state index in [0.29, 0.717) is 19.0 Å². The Kier molecular flexibility index (Phi) is 7.33. The minimum Gasteiger partial charge on any atom is -0.505 e. The Hall–Kier alpha value is -2.51. The predicted molar refractivity (Wildman–Crippen MR) is 106 cm³/mol. The van der Waals surface area contributed by atoms with Crippen molar-refractivity contribution >= 4 is 5.91 Å². The summed E-state index contributed by atoms with van der Waals surface area (Å²) in [4.78, 5) is 25.5. The van der Waals surface area contributed by atoms with Crippen molar-refractivity contribution in [1.29, 1.82) is 0 Å². The molecule has 0 atom stereocenters. The third kappa shape index (κ3) is 5.50. The van der Waals surface area contributed by atoms with E-state index in [1.807, 2.05) is 12.1 Å². The number of ether oxygens (including phenoxy) is 1. The Balaban J connectivity index is 1.68. The number of hydrogen-bond acceptors (Lipinski definition) is 6. The summed E-state index contributed by atoms with van der Waals surface area (Å²) in [5.41, 5.74) is 1.12. The fourth-order valence-electron chi connectivity index (χ4n) is 3.56. The molecule has 3 heterocycles. The third-order valence-corrected chi connectivity index (χ3v) is 5.20. The van der Waals surface area contributed by atoms with Crippen molar-refractivity contribution < 1.29 is 14.6 Å². The summed E-state index contributed by atoms with van der Waals surface area (Å²) < 4.78 is 5.16. The zero-order valence-electron chi connectivity index (χ0n) is 16.3. The van der Waals surface area contributed by atoms with Gasteiger partial charge in [-0.2, -0.15) is 0 Å². The van der Waals surface area contributed by atoms with Crippen LogP contribution >= 0.6 is 0 Å². The molecule has 2 aromatic heterocycles. The van der Waals surface area contributed by atoms with Gasteiger partial charge in [-0.25, -0.2) is 4.98 Å². The van der Waals surface area contributed by atoms with Crippen LogP contribution in [-0.4, -0.2) is 70.7 Å². The normalized spacial score (nSPS) is 15.5.